The SMILES string of the molecule is COC(=O)CCCC(=N)c1ccc(C(F)(F)F)cc1. The van der Waals surface area contributed by atoms with Crippen LogP contribution in [0.2, 0.25) is 0 Å². The van der Waals surface area contributed by atoms with Gasteiger partial charge in [0.25, 0.3) is 0 Å². The first-order valence-electron chi connectivity index (χ1n) is 5.66. The van der Waals surface area contributed by atoms with Crippen molar-refractivity contribution in [2.45, 2.75) is 25.4 Å². The summed E-state index contributed by atoms with van der Waals surface area (Å²) in [5.41, 5.74) is -0.103. The van der Waals surface area contributed by atoms with Crippen molar-refractivity contribution in [2.24, 2.45) is 0 Å². The maximum atomic E-state index is 12.3. The van der Waals surface area contributed by atoms with Gasteiger partial charge in [0.1, 0.15) is 0 Å². The zero-order valence-electron chi connectivity index (χ0n) is 10.4. The molecule has 0 aliphatic carbocycles. The van der Waals surface area contributed by atoms with Gasteiger partial charge < -0.3 is 10.1 Å². The van der Waals surface area contributed by atoms with E-state index < -0.39 is 11.7 Å². The molecule has 0 aliphatic rings. The minimum absolute atomic E-state index is 0.194. The van der Waals surface area contributed by atoms with Gasteiger partial charge in [-0.3, -0.25) is 4.79 Å². The Hall–Kier alpha value is -1.85. The number of methoxy groups -OCH3 is 1. The highest BCUT2D eigenvalue weighted by molar-refractivity contribution is 5.98. The molecule has 0 bridgehead atoms. The largest absolute Gasteiger partial charge is 0.469 e. The number of alkyl halides is 3. The Labute approximate surface area is 108 Å². The second-order valence-corrected chi connectivity index (χ2v) is 3.98. The predicted molar refractivity (Wildman–Crippen MR) is 64.1 cm³/mol. The number of carbonyl (C=O) groups excluding carboxylic acids is 1. The number of ether oxygens (including phenoxy) is 1. The van der Waals surface area contributed by atoms with E-state index in [1.54, 1.807) is 0 Å². The van der Waals surface area contributed by atoms with Crippen LogP contribution in [-0.4, -0.2) is 18.8 Å². The van der Waals surface area contributed by atoms with Crippen molar-refractivity contribution in [1.29, 1.82) is 5.41 Å². The highest BCUT2D eigenvalue weighted by atomic mass is 19.4. The average Bonchev–Trinajstić information content (AvgIpc) is 2.37. The second kappa shape index (κ2) is 6.36. The van der Waals surface area contributed by atoms with Crippen LogP contribution < -0.4 is 0 Å². The molecule has 0 amide bonds. The van der Waals surface area contributed by atoms with Gasteiger partial charge in [-0.25, -0.2) is 0 Å². The molecule has 0 spiro atoms. The Balaban J connectivity index is 2.56. The third kappa shape index (κ3) is 4.73. The number of benzene rings is 1. The van der Waals surface area contributed by atoms with Gasteiger partial charge in [-0.05, 0) is 30.5 Å². The molecule has 0 saturated carbocycles. The molecule has 0 heterocycles. The van der Waals surface area contributed by atoms with Crippen LogP contribution in [0.15, 0.2) is 24.3 Å². The molecule has 0 aromatic heterocycles. The number of esters is 1. The molecule has 0 atom stereocenters. The molecule has 19 heavy (non-hydrogen) atoms. The molecule has 1 rings (SSSR count). The van der Waals surface area contributed by atoms with E-state index in [0.717, 1.165) is 12.1 Å². The summed E-state index contributed by atoms with van der Waals surface area (Å²) in [4.78, 5) is 10.9. The van der Waals surface area contributed by atoms with Crippen molar-refractivity contribution in [3.63, 3.8) is 0 Å². The lowest BCUT2D eigenvalue weighted by molar-refractivity contribution is -0.140. The number of rotatable bonds is 5. The van der Waals surface area contributed by atoms with Crippen LogP contribution in [-0.2, 0) is 15.7 Å². The van der Waals surface area contributed by atoms with Gasteiger partial charge in [0.05, 0.1) is 12.7 Å². The summed E-state index contributed by atoms with van der Waals surface area (Å²) < 4.78 is 41.5. The number of halogens is 3. The van der Waals surface area contributed by atoms with Gasteiger partial charge >= 0.3 is 12.1 Å². The zero-order valence-corrected chi connectivity index (χ0v) is 10.4. The molecular formula is C13H14F3NO2. The van der Waals surface area contributed by atoms with Crippen LogP contribution in [0.5, 0.6) is 0 Å². The summed E-state index contributed by atoms with van der Waals surface area (Å²) in [6, 6.07) is 4.43. The van der Waals surface area contributed by atoms with E-state index >= 15 is 0 Å². The Bertz CT molecular complexity index is 452. The van der Waals surface area contributed by atoms with Crippen LogP contribution in [0, 0.1) is 5.41 Å². The molecule has 0 unspecified atom stereocenters. The third-order valence-electron chi connectivity index (χ3n) is 2.60. The lowest BCUT2D eigenvalue weighted by Gasteiger charge is -2.08. The van der Waals surface area contributed by atoms with E-state index in [1.165, 1.54) is 19.2 Å². The molecular weight excluding hydrogens is 259 g/mol. The van der Waals surface area contributed by atoms with E-state index in [9.17, 15) is 18.0 Å². The molecule has 0 saturated heterocycles. The Kier molecular flexibility index (Phi) is 5.09. The normalized spacial score (nSPS) is 11.2. The topological polar surface area (TPSA) is 50.2 Å². The first kappa shape index (κ1) is 15.2. The summed E-state index contributed by atoms with van der Waals surface area (Å²) in [6.07, 6.45) is -3.42. The van der Waals surface area contributed by atoms with Crippen LogP contribution in [0.25, 0.3) is 0 Å². The molecule has 3 nitrogen and oxygen atoms in total. The van der Waals surface area contributed by atoms with E-state index in [-0.39, 0.29) is 18.1 Å². The standard InChI is InChI=1S/C13H14F3NO2/c1-19-12(18)4-2-3-11(17)9-5-7-10(8-6-9)13(14,15)16/h5-8,17H,2-4H2,1H3. The van der Waals surface area contributed by atoms with Gasteiger partial charge in [-0.2, -0.15) is 13.2 Å². The second-order valence-electron chi connectivity index (χ2n) is 3.98. The van der Waals surface area contributed by atoms with E-state index in [0.29, 0.717) is 18.4 Å². The molecule has 1 N–H and O–H groups in total. The average molecular weight is 273 g/mol. The molecule has 1 aromatic rings. The fraction of sp³-hybridized carbons (Fsp3) is 0.385. The minimum Gasteiger partial charge on any atom is -0.469 e. The molecule has 6 heteroatoms. The summed E-state index contributed by atoms with van der Waals surface area (Å²) in [5.74, 6) is -0.361. The highest BCUT2D eigenvalue weighted by Gasteiger charge is 2.29. The quantitative estimate of drug-likeness (QED) is 0.660. The Morgan fingerprint density at radius 3 is 2.26 bits per heavy atom. The van der Waals surface area contributed by atoms with Crippen molar-refractivity contribution in [3.05, 3.63) is 35.4 Å². The minimum atomic E-state index is -4.37. The lowest BCUT2D eigenvalue weighted by Crippen LogP contribution is -2.07. The van der Waals surface area contributed by atoms with Gasteiger partial charge in [0.15, 0.2) is 0 Å². The first-order chi connectivity index (χ1) is 8.84. The predicted octanol–water partition coefficient (Wildman–Crippen LogP) is 3.42. The van der Waals surface area contributed by atoms with Gasteiger partial charge in [-0.15, -0.1) is 0 Å². The molecule has 0 radical (unpaired) electrons. The van der Waals surface area contributed by atoms with Gasteiger partial charge in [-0.1, -0.05) is 12.1 Å². The number of hydrogen-bond donors (Lipinski definition) is 1. The third-order valence-corrected chi connectivity index (χ3v) is 2.60. The Morgan fingerprint density at radius 1 is 1.21 bits per heavy atom. The fourth-order valence-electron chi connectivity index (χ4n) is 1.52. The monoisotopic (exact) mass is 273 g/mol. The van der Waals surface area contributed by atoms with E-state index in [2.05, 4.69) is 4.74 Å². The van der Waals surface area contributed by atoms with E-state index in [1.807, 2.05) is 0 Å². The highest BCUT2D eigenvalue weighted by Crippen LogP contribution is 2.29. The van der Waals surface area contributed by atoms with Gasteiger partial charge in [0.2, 0.25) is 0 Å². The summed E-state index contributed by atoms with van der Waals surface area (Å²) >= 11 is 0. The molecule has 104 valence electrons. The van der Waals surface area contributed by atoms with Gasteiger partial charge in [0, 0.05) is 12.1 Å². The van der Waals surface area contributed by atoms with Crippen LogP contribution in [0.4, 0.5) is 13.2 Å². The first-order valence-corrected chi connectivity index (χ1v) is 5.66. The summed E-state index contributed by atoms with van der Waals surface area (Å²) in [7, 11) is 1.28. The summed E-state index contributed by atoms with van der Waals surface area (Å²) in [6.45, 7) is 0. The van der Waals surface area contributed by atoms with Crippen LogP contribution in [0.1, 0.15) is 30.4 Å². The molecule has 0 aliphatic heterocycles. The van der Waals surface area contributed by atoms with Crippen LogP contribution in [0.3, 0.4) is 0 Å². The van der Waals surface area contributed by atoms with Crippen LogP contribution >= 0.6 is 0 Å². The van der Waals surface area contributed by atoms with Crippen molar-refractivity contribution < 1.29 is 22.7 Å². The van der Waals surface area contributed by atoms with Crippen molar-refractivity contribution in [2.75, 3.05) is 7.11 Å². The van der Waals surface area contributed by atoms with Crippen molar-refractivity contribution >= 4 is 11.7 Å². The van der Waals surface area contributed by atoms with E-state index in [4.69, 9.17) is 5.41 Å². The smallest absolute Gasteiger partial charge is 0.416 e. The zero-order chi connectivity index (χ0) is 14.5. The maximum absolute atomic E-state index is 12.3. The molecule has 1 aromatic carbocycles. The van der Waals surface area contributed by atoms with Crippen molar-refractivity contribution in [1.82, 2.24) is 0 Å². The molecule has 0 fully saturated rings. The Morgan fingerprint density at radius 2 is 1.79 bits per heavy atom. The number of carbonyl (C=O) groups is 1. The maximum Gasteiger partial charge on any atom is 0.416 e. The fourth-order valence-corrected chi connectivity index (χ4v) is 1.52. The lowest BCUT2D eigenvalue weighted by atomic mass is 10.0. The number of nitrogens with one attached hydrogen (secondary N) is 1. The summed E-state index contributed by atoms with van der Waals surface area (Å²) in [5, 5.41) is 7.72. The number of hydrogen-bond acceptors (Lipinski definition) is 3. The van der Waals surface area contributed by atoms with Crippen molar-refractivity contribution in [3.8, 4) is 0 Å².